The van der Waals surface area contributed by atoms with Crippen LogP contribution >= 0.6 is 0 Å². The van der Waals surface area contributed by atoms with Crippen LogP contribution in [0.15, 0.2) is 0 Å². The van der Waals surface area contributed by atoms with Gasteiger partial charge in [-0.2, -0.15) is 0 Å². The van der Waals surface area contributed by atoms with E-state index in [9.17, 15) is 0 Å². The predicted molar refractivity (Wildman–Crippen MR) is 102 cm³/mol. The van der Waals surface area contributed by atoms with Crippen molar-refractivity contribution in [2.45, 2.75) is 97.1 Å². The SMILES string of the molecule is CCCCCCCCCCCCO[Si](CC)(CC)OCCOC. The molecule has 0 atom stereocenters. The molecule has 4 heteroatoms. The lowest BCUT2D eigenvalue weighted by atomic mass is 10.1. The monoisotopic (exact) mass is 346 g/mol. The highest BCUT2D eigenvalue weighted by Crippen LogP contribution is 2.19. The van der Waals surface area contributed by atoms with E-state index in [-0.39, 0.29) is 0 Å². The number of methoxy groups -OCH3 is 1. The molecule has 0 aliphatic heterocycles. The van der Waals surface area contributed by atoms with Crippen molar-refractivity contribution >= 4 is 8.56 Å². The van der Waals surface area contributed by atoms with Gasteiger partial charge in [-0.05, 0) is 18.5 Å². The fraction of sp³-hybridized carbons (Fsp3) is 1.00. The topological polar surface area (TPSA) is 27.7 Å². The van der Waals surface area contributed by atoms with E-state index >= 15 is 0 Å². The summed E-state index contributed by atoms with van der Waals surface area (Å²) >= 11 is 0. The maximum Gasteiger partial charge on any atom is 0.337 e. The molecule has 0 radical (unpaired) electrons. The number of rotatable bonds is 18. The Balaban J connectivity index is 3.55. The molecule has 0 saturated heterocycles. The van der Waals surface area contributed by atoms with Crippen molar-refractivity contribution in [3.63, 3.8) is 0 Å². The summed E-state index contributed by atoms with van der Waals surface area (Å²) in [6.45, 7) is 8.87. The maximum atomic E-state index is 6.21. The summed E-state index contributed by atoms with van der Waals surface area (Å²) in [5.41, 5.74) is 0. The van der Waals surface area contributed by atoms with E-state index in [1.165, 1.54) is 64.2 Å². The Morgan fingerprint density at radius 2 is 1.04 bits per heavy atom. The van der Waals surface area contributed by atoms with E-state index in [1.807, 2.05) is 0 Å². The van der Waals surface area contributed by atoms with Gasteiger partial charge in [0.1, 0.15) is 0 Å². The highest BCUT2D eigenvalue weighted by atomic mass is 28.4. The third-order valence-corrected chi connectivity index (χ3v) is 8.21. The standard InChI is InChI=1S/C19H42O3Si/c1-5-8-9-10-11-12-13-14-15-16-17-21-23(6-2,7-3)22-19-18-20-4/h5-19H2,1-4H3. The van der Waals surface area contributed by atoms with Gasteiger partial charge in [0.05, 0.1) is 13.2 Å². The Kier molecular flexibility index (Phi) is 17.0. The summed E-state index contributed by atoms with van der Waals surface area (Å²) in [4.78, 5) is 0. The van der Waals surface area contributed by atoms with Crippen molar-refractivity contribution in [2.75, 3.05) is 26.9 Å². The molecule has 0 N–H and O–H groups in total. The first-order valence-electron chi connectivity index (χ1n) is 10.0. The van der Waals surface area contributed by atoms with E-state index in [1.54, 1.807) is 7.11 Å². The molecule has 0 saturated carbocycles. The van der Waals surface area contributed by atoms with Gasteiger partial charge in [-0.15, -0.1) is 0 Å². The molecular formula is C19H42O3Si. The quantitative estimate of drug-likeness (QED) is 0.223. The van der Waals surface area contributed by atoms with Gasteiger partial charge in [0.2, 0.25) is 0 Å². The number of hydrogen-bond acceptors (Lipinski definition) is 3. The van der Waals surface area contributed by atoms with Crippen molar-refractivity contribution in [3.05, 3.63) is 0 Å². The van der Waals surface area contributed by atoms with Gasteiger partial charge in [-0.3, -0.25) is 0 Å². The van der Waals surface area contributed by atoms with Crippen LogP contribution in [0.2, 0.25) is 12.1 Å². The van der Waals surface area contributed by atoms with E-state index in [0.717, 1.165) is 18.7 Å². The van der Waals surface area contributed by atoms with Gasteiger partial charge in [0.15, 0.2) is 0 Å². The summed E-state index contributed by atoms with van der Waals surface area (Å²) in [5, 5.41) is 0. The predicted octanol–water partition coefficient (Wildman–Crippen LogP) is 6.07. The molecule has 0 aliphatic carbocycles. The lowest BCUT2D eigenvalue weighted by Crippen LogP contribution is -2.41. The van der Waals surface area contributed by atoms with Crippen LogP contribution in [0.4, 0.5) is 0 Å². The Bertz CT molecular complexity index is 233. The van der Waals surface area contributed by atoms with Crippen LogP contribution in [0.5, 0.6) is 0 Å². The molecule has 0 spiro atoms. The highest BCUT2D eigenvalue weighted by Gasteiger charge is 2.33. The Morgan fingerprint density at radius 1 is 0.565 bits per heavy atom. The molecule has 0 rings (SSSR count). The average molecular weight is 347 g/mol. The van der Waals surface area contributed by atoms with Gasteiger partial charge in [-0.1, -0.05) is 78.6 Å². The van der Waals surface area contributed by atoms with Crippen molar-refractivity contribution in [3.8, 4) is 0 Å². The highest BCUT2D eigenvalue weighted by molar-refractivity contribution is 6.67. The molecule has 0 bridgehead atoms. The van der Waals surface area contributed by atoms with Gasteiger partial charge >= 0.3 is 8.56 Å². The first-order valence-corrected chi connectivity index (χ1v) is 12.2. The molecule has 0 fully saturated rings. The Labute approximate surface area is 146 Å². The Morgan fingerprint density at radius 3 is 1.52 bits per heavy atom. The van der Waals surface area contributed by atoms with Crippen LogP contribution in [-0.4, -0.2) is 35.5 Å². The van der Waals surface area contributed by atoms with Crippen molar-refractivity contribution in [2.24, 2.45) is 0 Å². The summed E-state index contributed by atoms with van der Waals surface area (Å²) < 4.78 is 17.3. The minimum Gasteiger partial charge on any atom is -0.394 e. The number of unbranched alkanes of at least 4 members (excludes halogenated alkanes) is 9. The smallest absolute Gasteiger partial charge is 0.337 e. The summed E-state index contributed by atoms with van der Waals surface area (Å²) in [7, 11) is -0.237. The summed E-state index contributed by atoms with van der Waals surface area (Å²) in [6, 6.07) is 2.07. The van der Waals surface area contributed by atoms with Gasteiger partial charge in [0.25, 0.3) is 0 Å². The van der Waals surface area contributed by atoms with Crippen LogP contribution in [0.1, 0.15) is 85.0 Å². The third kappa shape index (κ3) is 13.1. The van der Waals surface area contributed by atoms with E-state index in [4.69, 9.17) is 13.6 Å². The van der Waals surface area contributed by atoms with Crippen molar-refractivity contribution in [1.82, 2.24) is 0 Å². The van der Waals surface area contributed by atoms with Gasteiger partial charge in [0, 0.05) is 13.7 Å². The van der Waals surface area contributed by atoms with Gasteiger partial charge in [-0.25, -0.2) is 0 Å². The van der Waals surface area contributed by atoms with Crippen LogP contribution in [-0.2, 0) is 13.6 Å². The first-order chi connectivity index (χ1) is 11.2. The van der Waals surface area contributed by atoms with Crippen LogP contribution in [0, 0.1) is 0 Å². The average Bonchev–Trinajstić information content (AvgIpc) is 2.58. The molecule has 0 amide bonds. The Hall–Kier alpha value is 0.0969. The van der Waals surface area contributed by atoms with Crippen LogP contribution in [0.25, 0.3) is 0 Å². The zero-order chi connectivity index (χ0) is 17.2. The molecule has 140 valence electrons. The molecule has 0 aromatic rings. The number of ether oxygens (including phenoxy) is 1. The van der Waals surface area contributed by atoms with E-state index in [2.05, 4.69) is 20.8 Å². The minimum atomic E-state index is -1.95. The number of hydrogen-bond donors (Lipinski definition) is 0. The molecular weight excluding hydrogens is 304 g/mol. The molecule has 0 aliphatic rings. The lowest BCUT2D eigenvalue weighted by molar-refractivity contribution is 0.107. The molecule has 23 heavy (non-hydrogen) atoms. The van der Waals surface area contributed by atoms with E-state index in [0.29, 0.717) is 13.2 Å². The first kappa shape index (κ1) is 23.1. The van der Waals surface area contributed by atoms with Gasteiger partial charge < -0.3 is 13.6 Å². The second-order valence-corrected chi connectivity index (χ2v) is 10.3. The van der Waals surface area contributed by atoms with Crippen molar-refractivity contribution < 1.29 is 13.6 Å². The largest absolute Gasteiger partial charge is 0.394 e. The molecule has 0 aromatic carbocycles. The minimum absolute atomic E-state index is 0.663. The molecule has 0 aromatic heterocycles. The second kappa shape index (κ2) is 16.9. The third-order valence-electron chi connectivity index (χ3n) is 4.59. The lowest BCUT2D eigenvalue weighted by Gasteiger charge is -2.28. The normalized spacial score (nSPS) is 12.0. The van der Waals surface area contributed by atoms with Crippen LogP contribution < -0.4 is 0 Å². The summed E-state index contributed by atoms with van der Waals surface area (Å²) in [5.74, 6) is 0. The molecule has 3 nitrogen and oxygen atoms in total. The van der Waals surface area contributed by atoms with E-state index < -0.39 is 8.56 Å². The molecule has 0 heterocycles. The fourth-order valence-electron chi connectivity index (χ4n) is 2.86. The zero-order valence-corrected chi connectivity index (χ0v) is 17.3. The van der Waals surface area contributed by atoms with Crippen LogP contribution in [0.3, 0.4) is 0 Å². The summed E-state index contributed by atoms with van der Waals surface area (Å²) in [6.07, 6.45) is 13.7. The second-order valence-electron chi connectivity index (χ2n) is 6.49. The van der Waals surface area contributed by atoms with Crippen molar-refractivity contribution in [1.29, 1.82) is 0 Å². The maximum absolute atomic E-state index is 6.21. The molecule has 0 unspecified atom stereocenters. The zero-order valence-electron chi connectivity index (χ0n) is 16.3. The fourth-order valence-corrected chi connectivity index (χ4v) is 5.23.